The van der Waals surface area contributed by atoms with Crippen LogP contribution in [-0.2, 0) is 4.79 Å². The summed E-state index contributed by atoms with van der Waals surface area (Å²) in [5.74, 6) is 2.34. The van der Waals surface area contributed by atoms with Crippen molar-refractivity contribution < 1.29 is 14.3 Å². The summed E-state index contributed by atoms with van der Waals surface area (Å²) in [4.78, 5) is 34.7. The fraction of sp³-hybridized carbons (Fsp3) is 0.360. The molecule has 2 aromatic heterocycles. The van der Waals surface area contributed by atoms with Crippen molar-refractivity contribution in [2.24, 2.45) is 5.92 Å². The van der Waals surface area contributed by atoms with Gasteiger partial charge in [-0.05, 0) is 43.6 Å². The van der Waals surface area contributed by atoms with Crippen LogP contribution in [-0.4, -0.2) is 57.8 Å². The van der Waals surface area contributed by atoms with Crippen molar-refractivity contribution in [2.75, 3.05) is 36.4 Å². The molecule has 3 aromatic rings. The summed E-state index contributed by atoms with van der Waals surface area (Å²) in [6, 6.07) is 7.08. The Morgan fingerprint density at radius 1 is 1.14 bits per heavy atom. The van der Waals surface area contributed by atoms with Gasteiger partial charge in [-0.3, -0.25) is 9.59 Å². The standard InChI is InChI=1S/C25H28ClN7O3S/c1-27-25(35)21-19(12-20(32-33-21)31-24(34)15-8-9-15)30-18-7-5-6-17(22(18)36-2)23-28-13-16(14-29-23)37-11-4-3-10-26/h5-7,12-15H,3-4,8-11H2,1-2H3,(H,27,35)(H2,30,31,32,34). The van der Waals surface area contributed by atoms with Crippen LogP contribution in [0.15, 0.2) is 41.6 Å². The average Bonchev–Trinajstić information content (AvgIpc) is 3.77. The number of methoxy groups -OCH3 is 1. The molecule has 1 fully saturated rings. The number of ether oxygens (including phenoxy) is 1. The molecular weight excluding hydrogens is 514 g/mol. The first-order valence-electron chi connectivity index (χ1n) is 11.9. The number of halogens is 1. The number of hydrogen-bond acceptors (Lipinski definition) is 9. The van der Waals surface area contributed by atoms with Gasteiger partial charge < -0.3 is 20.7 Å². The number of thioether (sulfide) groups is 1. The predicted octanol–water partition coefficient (Wildman–Crippen LogP) is 4.51. The van der Waals surface area contributed by atoms with E-state index in [1.54, 1.807) is 43.4 Å². The Balaban J connectivity index is 1.60. The Hall–Kier alpha value is -3.44. The molecule has 0 bridgehead atoms. The van der Waals surface area contributed by atoms with Crippen LogP contribution in [0.1, 0.15) is 36.2 Å². The molecule has 2 amide bonds. The van der Waals surface area contributed by atoms with E-state index in [9.17, 15) is 9.59 Å². The van der Waals surface area contributed by atoms with E-state index in [1.807, 2.05) is 12.1 Å². The summed E-state index contributed by atoms with van der Waals surface area (Å²) < 4.78 is 5.72. The molecule has 10 nitrogen and oxygen atoms in total. The fourth-order valence-electron chi connectivity index (χ4n) is 3.50. The van der Waals surface area contributed by atoms with Crippen LogP contribution in [0, 0.1) is 5.92 Å². The number of nitrogens with one attached hydrogen (secondary N) is 3. The first kappa shape index (κ1) is 26.6. The molecule has 37 heavy (non-hydrogen) atoms. The first-order valence-corrected chi connectivity index (χ1v) is 13.4. The van der Waals surface area contributed by atoms with Crippen molar-refractivity contribution in [2.45, 2.75) is 30.6 Å². The molecule has 0 saturated heterocycles. The van der Waals surface area contributed by atoms with Gasteiger partial charge >= 0.3 is 0 Å². The molecule has 4 rings (SSSR count). The third-order valence-electron chi connectivity index (χ3n) is 5.59. The number of carbonyl (C=O) groups excluding carboxylic acids is 2. The van der Waals surface area contributed by atoms with Crippen molar-refractivity contribution in [1.82, 2.24) is 25.5 Å². The number of unbranched alkanes of at least 4 members (excludes halogenated alkanes) is 1. The molecule has 1 aliphatic rings. The van der Waals surface area contributed by atoms with Crippen LogP contribution < -0.4 is 20.7 Å². The molecule has 3 N–H and O–H groups in total. The molecule has 0 spiro atoms. The minimum Gasteiger partial charge on any atom is -0.494 e. The Morgan fingerprint density at radius 3 is 2.59 bits per heavy atom. The molecule has 1 aliphatic carbocycles. The van der Waals surface area contributed by atoms with Gasteiger partial charge in [-0.1, -0.05) is 6.07 Å². The van der Waals surface area contributed by atoms with E-state index in [2.05, 4.69) is 36.1 Å². The third kappa shape index (κ3) is 6.86. The molecule has 12 heteroatoms. The zero-order valence-corrected chi connectivity index (χ0v) is 22.2. The monoisotopic (exact) mass is 541 g/mol. The van der Waals surface area contributed by atoms with E-state index in [-0.39, 0.29) is 23.3 Å². The van der Waals surface area contributed by atoms with Gasteiger partial charge in [0.2, 0.25) is 5.91 Å². The van der Waals surface area contributed by atoms with Gasteiger partial charge in [0.05, 0.1) is 24.0 Å². The van der Waals surface area contributed by atoms with Crippen LogP contribution in [0.3, 0.4) is 0 Å². The lowest BCUT2D eigenvalue weighted by Gasteiger charge is -2.16. The number of aromatic nitrogens is 4. The highest BCUT2D eigenvalue weighted by Crippen LogP contribution is 2.37. The number of amides is 2. The molecule has 2 heterocycles. The van der Waals surface area contributed by atoms with Gasteiger partial charge in [-0.15, -0.1) is 33.6 Å². The van der Waals surface area contributed by atoms with Gasteiger partial charge in [0.15, 0.2) is 23.1 Å². The number of alkyl halides is 1. The highest BCUT2D eigenvalue weighted by molar-refractivity contribution is 7.99. The lowest BCUT2D eigenvalue weighted by Crippen LogP contribution is -2.22. The zero-order chi connectivity index (χ0) is 26.2. The minimum absolute atomic E-state index is 0.00373. The fourth-order valence-corrected chi connectivity index (χ4v) is 4.53. The molecule has 1 saturated carbocycles. The number of para-hydroxylation sites is 1. The van der Waals surface area contributed by atoms with E-state index in [0.29, 0.717) is 34.4 Å². The van der Waals surface area contributed by atoms with E-state index >= 15 is 0 Å². The Labute approximate surface area is 224 Å². The van der Waals surface area contributed by atoms with Crippen molar-refractivity contribution >= 4 is 52.4 Å². The van der Waals surface area contributed by atoms with Crippen molar-refractivity contribution in [3.63, 3.8) is 0 Å². The van der Waals surface area contributed by atoms with E-state index < -0.39 is 5.91 Å². The van der Waals surface area contributed by atoms with E-state index in [4.69, 9.17) is 16.3 Å². The van der Waals surface area contributed by atoms with Crippen molar-refractivity contribution in [3.8, 4) is 17.1 Å². The van der Waals surface area contributed by atoms with Gasteiger partial charge in [-0.2, -0.15) is 0 Å². The lowest BCUT2D eigenvalue weighted by molar-refractivity contribution is -0.117. The minimum atomic E-state index is -0.423. The molecule has 1 aromatic carbocycles. The predicted molar refractivity (Wildman–Crippen MR) is 145 cm³/mol. The maximum absolute atomic E-state index is 12.5. The van der Waals surface area contributed by atoms with Crippen LogP contribution in [0.5, 0.6) is 5.75 Å². The van der Waals surface area contributed by atoms with Crippen LogP contribution in [0.2, 0.25) is 0 Å². The quantitative estimate of drug-likeness (QED) is 0.172. The van der Waals surface area contributed by atoms with E-state index in [0.717, 1.165) is 36.3 Å². The second-order valence-corrected chi connectivity index (χ2v) is 9.88. The SMILES string of the molecule is CNC(=O)c1nnc(NC(=O)C2CC2)cc1Nc1cccc(-c2ncc(SCCCCCl)cn2)c1OC. The Morgan fingerprint density at radius 2 is 1.92 bits per heavy atom. The zero-order valence-electron chi connectivity index (χ0n) is 20.6. The topological polar surface area (TPSA) is 131 Å². The number of benzene rings is 1. The Kier molecular flexibility index (Phi) is 9.13. The number of hydrogen-bond donors (Lipinski definition) is 3. The number of nitrogens with zero attached hydrogens (tertiary/aromatic N) is 4. The average molecular weight is 542 g/mol. The van der Waals surface area contributed by atoms with Gasteiger partial charge in [-0.25, -0.2) is 9.97 Å². The van der Waals surface area contributed by atoms with Gasteiger partial charge in [0.25, 0.3) is 5.91 Å². The van der Waals surface area contributed by atoms with E-state index in [1.165, 1.54) is 7.05 Å². The van der Waals surface area contributed by atoms with Crippen LogP contribution in [0.4, 0.5) is 17.2 Å². The number of rotatable bonds is 12. The lowest BCUT2D eigenvalue weighted by atomic mass is 10.1. The summed E-state index contributed by atoms with van der Waals surface area (Å²) in [6.45, 7) is 0. The third-order valence-corrected chi connectivity index (χ3v) is 6.89. The summed E-state index contributed by atoms with van der Waals surface area (Å²) in [7, 11) is 3.06. The highest BCUT2D eigenvalue weighted by atomic mass is 35.5. The van der Waals surface area contributed by atoms with Crippen LogP contribution >= 0.6 is 23.4 Å². The Bertz CT molecular complexity index is 1260. The molecular formula is C25H28ClN7O3S. The molecule has 0 aliphatic heterocycles. The van der Waals surface area contributed by atoms with Crippen molar-refractivity contribution in [1.29, 1.82) is 0 Å². The maximum Gasteiger partial charge on any atom is 0.273 e. The summed E-state index contributed by atoms with van der Waals surface area (Å²) >= 11 is 7.43. The largest absolute Gasteiger partial charge is 0.494 e. The normalized spacial score (nSPS) is 12.6. The molecule has 0 unspecified atom stereocenters. The summed E-state index contributed by atoms with van der Waals surface area (Å²) in [5.41, 5.74) is 1.68. The van der Waals surface area contributed by atoms with Crippen LogP contribution in [0.25, 0.3) is 11.4 Å². The summed E-state index contributed by atoms with van der Waals surface area (Å²) in [6.07, 6.45) is 7.32. The molecule has 0 atom stereocenters. The first-order chi connectivity index (χ1) is 18.0. The second-order valence-electron chi connectivity index (χ2n) is 8.33. The smallest absolute Gasteiger partial charge is 0.273 e. The molecule has 0 radical (unpaired) electrons. The number of anilines is 3. The summed E-state index contributed by atoms with van der Waals surface area (Å²) in [5, 5.41) is 16.6. The second kappa shape index (κ2) is 12.7. The van der Waals surface area contributed by atoms with Crippen molar-refractivity contribution in [3.05, 3.63) is 42.4 Å². The maximum atomic E-state index is 12.5. The van der Waals surface area contributed by atoms with Gasteiger partial charge in [0.1, 0.15) is 0 Å². The number of carbonyl (C=O) groups is 2. The van der Waals surface area contributed by atoms with Gasteiger partial charge in [0, 0.05) is 42.2 Å². The highest BCUT2D eigenvalue weighted by Gasteiger charge is 2.30. The molecule has 194 valence electrons.